The van der Waals surface area contributed by atoms with Crippen molar-refractivity contribution in [3.05, 3.63) is 46.2 Å². The molecule has 0 aliphatic rings. The summed E-state index contributed by atoms with van der Waals surface area (Å²) in [6.45, 7) is 3.17. The number of hydrogen-bond donors (Lipinski definition) is 2. The Morgan fingerprint density at radius 3 is 2.57 bits per heavy atom. The quantitative estimate of drug-likeness (QED) is 0.831. The van der Waals surface area contributed by atoms with Gasteiger partial charge in [-0.2, -0.15) is 0 Å². The fraction of sp³-hybridized carbons (Fsp3) is 0.133. The Morgan fingerprint density at radius 1 is 1.22 bits per heavy atom. The van der Waals surface area contributed by atoms with Crippen molar-refractivity contribution in [2.45, 2.75) is 13.8 Å². The topological polar surface area (TPSA) is 79.8 Å². The third-order valence-corrected chi connectivity index (χ3v) is 3.17. The summed E-state index contributed by atoms with van der Waals surface area (Å²) in [7, 11) is 0. The third-order valence-electron chi connectivity index (χ3n) is 2.71. The van der Waals surface area contributed by atoms with Crippen LogP contribution in [-0.4, -0.2) is 26.2 Å². The van der Waals surface area contributed by atoms with Gasteiger partial charge in [-0.05, 0) is 42.9 Å². The van der Waals surface area contributed by atoms with Crippen LogP contribution in [0.5, 0.6) is 0 Å². The van der Waals surface area contributed by atoms with Crippen LogP contribution in [0.25, 0.3) is 12.2 Å². The minimum absolute atomic E-state index is 0.121. The molecule has 2 aromatic rings. The summed E-state index contributed by atoms with van der Waals surface area (Å²) in [5, 5.41) is 13.9. The number of carbonyl (C=O) groups excluding carboxylic acids is 1. The molecule has 23 heavy (non-hydrogen) atoms. The summed E-state index contributed by atoms with van der Waals surface area (Å²) < 4.78 is 0. The molecule has 8 heteroatoms. The first kappa shape index (κ1) is 17.0. The highest BCUT2D eigenvalue weighted by atomic mass is 35.5. The fourth-order valence-electron chi connectivity index (χ4n) is 1.64. The van der Waals surface area contributed by atoms with Gasteiger partial charge in [0.1, 0.15) is 0 Å². The number of nitrogens with one attached hydrogen (secondary N) is 2. The molecule has 0 saturated carbocycles. The molecule has 1 aromatic carbocycles. The number of aryl methyl sites for hydroxylation is 1. The summed E-state index contributed by atoms with van der Waals surface area (Å²) in [6, 6.07) is 7.41. The second kappa shape index (κ2) is 7.75. The average Bonchev–Trinajstić information content (AvgIpc) is 2.48. The Balaban J connectivity index is 2.15. The molecule has 0 unspecified atom stereocenters. The number of rotatable bonds is 3. The van der Waals surface area contributed by atoms with E-state index in [-0.39, 0.29) is 17.0 Å². The van der Waals surface area contributed by atoms with Crippen LogP contribution in [0, 0.1) is 6.92 Å². The first-order chi connectivity index (χ1) is 10.9. The summed E-state index contributed by atoms with van der Waals surface area (Å²) >= 11 is 10.8. The number of carbonyl (C=O) groups is 1. The van der Waals surface area contributed by atoms with E-state index in [1.54, 1.807) is 6.92 Å². The second-order valence-electron chi connectivity index (χ2n) is 4.63. The summed E-state index contributed by atoms with van der Waals surface area (Å²) in [5.74, 6) is -0.0597. The van der Waals surface area contributed by atoms with Crippen molar-refractivity contribution < 1.29 is 4.79 Å². The van der Waals surface area contributed by atoms with Gasteiger partial charge in [-0.15, -0.1) is 10.2 Å². The average molecular weight is 348 g/mol. The van der Waals surface area contributed by atoms with Gasteiger partial charge in [-0.3, -0.25) is 10.1 Å². The van der Waals surface area contributed by atoms with Gasteiger partial charge in [0.05, 0.1) is 11.4 Å². The molecular weight excluding hydrogens is 334 g/mol. The van der Waals surface area contributed by atoms with Gasteiger partial charge in [0, 0.05) is 11.9 Å². The fourth-order valence-corrected chi connectivity index (χ4v) is 2.00. The van der Waals surface area contributed by atoms with Crippen LogP contribution in [0.4, 0.5) is 5.95 Å². The Labute approximate surface area is 144 Å². The predicted octanol–water partition coefficient (Wildman–Crippen LogP) is 2.84. The molecule has 1 heterocycles. The molecule has 0 aliphatic heterocycles. The normalized spacial score (nSPS) is 10.6. The Bertz CT molecular complexity index is 761. The molecule has 0 atom stereocenters. The molecule has 0 fully saturated rings. The predicted molar refractivity (Wildman–Crippen MR) is 95.0 cm³/mol. The number of hydrogen-bond acceptors (Lipinski definition) is 5. The minimum Gasteiger partial charge on any atom is -0.303 e. The molecule has 0 radical (unpaired) electrons. The lowest BCUT2D eigenvalue weighted by Gasteiger charge is -2.07. The molecular formula is C15H14ClN5OS. The van der Waals surface area contributed by atoms with Gasteiger partial charge >= 0.3 is 0 Å². The van der Waals surface area contributed by atoms with Crippen LogP contribution >= 0.6 is 23.8 Å². The molecule has 0 bridgehead atoms. The second-order valence-corrected chi connectivity index (χ2v) is 5.47. The van der Waals surface area contributed by atoms with E-state index in [2.05, 4.69) is 25.8 Å². The van der Waals surface area contributed by atoms with Crippen LogP contribution in [-0.2, 0) is 4.79 Å². The van der Waals surface area contributed by atoms with Gasteiger partial charge in [0.2, 0.25) is 11.9 Å². The maximum atomic E-state index is 10.9. The van der Waals surface area contributed by atoms with Gasteiger partial charge in [0.15, 0.2) is 5.11 Å². The first-order valence-corrected chi connectivity index (χ1v) is 7.46. The Morgan fingerprint density at radius 2 is 1.91 bits per heavy atom. The highest BCUT2D eigenvalue weighted by molar-refractivity contribution is 7.80. The van der Waals surface area contributed by atoms with E-state index in [9.17, 15) is 4.79 Å². The standard InChI is InChI=1S/C15H14ClN5OS/c1-9-13(8-5-11-3-6-12(16)7-4-11)18-14(21-20-9)19-15(23)17-10(2)22/h3-8H,1-2H3,(H2,17,18,19,21,22,23)/b8-5+. The number of thiocarbonyl (C=S) groups is 1. The number of benzene rings is 1. The molecule has 2 rings (SSSR count). The molecule has 118 valence electrons. The molecule has 2 N–H and O–H groups in total. The Hall–Kier alpha value is -2.38. The zero-order valence-corrected chi connectivity index (χ0v) is 14.1. The van der Waals surface area contributed by atoms with Crippen LogP contribution in [0.2, 0.25) is 5.02 Å². The molecule has 0 spiro atoms. The zero-order valence-electron chi connectivity index (χ0n) is 12.5. The monoisotopic (exact) mass is 347 g/mol. The largest absolute Gasteiger partial charge is 0.303 e. The van der Waals surface area contributed by atoms with Crippen molar-refractivity contribution in [3.63, 3.8) is 0 Å². The van der Waals surface area contributed by atoms with E-state index in [1.807, 2.05) is 36.4 Å². The van der Waals surface area contributed by atoms with Crippen LogP contribution < -0.4 is 10.6 Å². The minimum atomic E-state index is -0.273. The molecule has 6 nitrogen and oxygen atoms in total. The van der Waals surface area contributed by atoms with E-state index in [1.165, 1.54) is 6.92 Å². The summed E-state index contributed by atoms with van der Waals surface area (Å²) in [4.78, 5) is 15.2. The first-order valence-electron chi connectivity index (χ1n) is 6.67. The summed E-state index contributed by atoms with van der Waals surface area (Å²) in [5.41, 5.74) is 2.30. The van der Waals surface area contributed by atoms with Gasteiger partial charge < -0.3 is 5.32 Å². The lowest BCUT2D eigenvalue weighted by Crippen LogP contribution is -2.32. The van der Waals surface area contributed by atoms with E-state index >= 15 is 0 Å². The van der Waals surface area contributed by atoms with Crippen molar-refractivity contribution in [3.8, 4) is 0 Å². The van der Waals surface area contributed by atoms with E-state index in [4.69, 9.17) is 23.8 Å². The molecule has 1 aromatic heterocycles. The van der Waals surface area contributed by atoms with E-state index in [0.717, 1.165) is 5.56 Å². The van der Waals surface area contributed by atoms with E-state index < -0.39 is 0 Å². The highest BCUT2D eigenvalue weighted by Crippen LogP contribution is 2.13. The maximum Gasteiger partial charge on any atom is 0.249 e. The lowest BCUT2D eigenvalue weighted by atomic mass is 10.2. The molecule has 0 saturated heterocycles. The number of anilines is 1. The van der Waals surface area contributed by atoms with Crippen molar-refractivity contribution in [2.75, 3.05) is 5.32 Å². The van der Waals surface area contributed by atoms with Gasteiger partial charge in [0.25, 0.3) is 0 Å². The van der Waals surface area contributed by atoms with Gasteiger partial charge in [-0.25, -0.2) is 4.98 Å². The summed E-state index contributed by atoms with van der Waals surface area (Å²) in [6.07, 6.45) is 3.71. The lowest BCUT2D eigenvalue weighted by molar-refractivity contribution is -0.117. The third kappa shape index (κ3) is 5.39. The number of aromatic nitrogens is 3. The SMILES string of the molecule is CC(=O)NC(=S)Nc1nnc(C)c(/C=C/c2ccc(Cl)cc2)n1. The van der Waals surface area contributed by atoms with Crippen molar-refractivity contribution >= 4 is 52.9 Å². The maximum absolute atomic E-state index is 10.9. The molecule has 1 amide bonds. The smallest absolute Gasteiger partial charge is 0.249 e. The van der Waals surface area contributed by atoms with E-state index in [0.29, 0.717) is 16.4 Å². The molecule has 0 aliphatic carbocycles. The van der Waals surface area contributed by atoms with Crippen LogP contribution in [0.15, 0.2) is 24.3 Å². The number of nitrogens with zero attached hydrogens (tertiary/aromatic N) is 3. The van der Waals surface area contributed by atoms with Crippen molar-refractivity contribution in [1.82, 2.24) is 20.5 Å². The van der Waals surface area contributed by atoms with Crippen LogP contribution in [0.1, 0.15) is 23.9 Å². The van der Waals surface area contributed by atoms with Crippen molar-refractivity contribution in [1.29, 1.82) is 0 Å². The number of halogens is 1. The van der Waals surface area contributed by atoms with Crippen LogP contribution in [0.3, 0.4) is 0 Å². The Kier molecular flexibility index (Phi) is 5.72. The van der Waals surface area contributed by atoms with Gasteiger partial charge in [-0.1, -0.05) is 29.8 Å². The number of amides is 1. The zero-order chi connectivity index (χ0) is 16.8. The highest BCUT2D eigenvalue weighted by Gasteiger charge is 2.06. The van der Waals surface area contributed by atoms with Crippen molar-refractivity contribution in [2.24, 2.45) is 0 Å².